The van der Waals surface area contributed by atoms with Crippen LogP contribution in [0.4, 0.5) is 61.7 Å². The monoisotopic (exact) mass is 1240 g/mol. The number of nitrogens with one attached hydrogen (secondary N) is 2. The molecule has 8 rings (SSSR count). The molecule has 8 aromatic carbocycles. The second-order valence-electron chi connectivity index (χ2n) is 16.5. The Kier molecular flexibility index (Phi) is 16.0. The summed E-state index contributed by atoms with van der Waals surface area (Å²) < 4.78 is 204. The Morgan fingerprint density at radius 1 is 0.341 bits per heavy atom. The highest BCUT2D eigenvalue weighted by molar-refractivity contribution is 7.87. The molecule has 424 valence electrons. The Morgan fingerprint density at radius 2 is 0.732 bits per heavy atom. The van der Waals surface area contributed by atoms with E-state index in [1.54, 1.807) is 0 Å². The summed E-state index contributed by atoms with van der Waals surface area (Å²) in [6.07, 6.45) is 0. The molecule has 2 amide bonds. The first-order chi connectivity index (χ1) is 38.1. The lowest BCUT2D eigenvalue weighted by Crippen LogP contribution is -2.19. The zero-order valence-electron chi connectivity index (χ0n) is 40.1. The fourth-order valence-corrected chi connectivity index (χ4v) is 10.8. The van der Waals surface area contributed by atoms with Gasteiger partial charge in [0.15, 0.2) is 5.75 Å². The average Bonchev–Trinajstić information content (AvgIpc) is 2.33. The number of rotatable bonds is 16. The van der Waals surface area contributed by atoms with Crippen LogP contribution in [0.3, 0.4) is 0 Å². The van der Waals surface area contributed by atoms with Crippen LogP contribution < -0.4 is 10.6 Å². The summed E-state index contributed by atoms with van der Waals surface area (Å²) in [6, 6.07) is 21.8. The highest BCUT2D eigenvalue weighted by Gasteiger charge is 2.26. The number of aromatic hydroxyl groups is 2. The Morgan fingerprint density at radius 3 is 1.17 bits per heavy atom. The number of urea groups is 1. The number of carbonyl (C=O) groups is 1. The number of fused-ring (bicyclic) bond motifs is 2. The number of hydrogen-bond acceptors (Lipinski definition) is 23. The third-order valence-electron chi connectivity index (χ3n) is 11.0. The second kappa shape index (κ2) is 22.2. The molecule has 0 aliphatic carbocycles. The van der Waals surface area contributed by atoms with E-state index in [1.807, 2.05) is 0 Å². The van der Waals surface area contributed by atoms with Crippen LogP contribution in [-0.4, -0.2) is 94.1 Å². The first-order valence-corrected chi connectivity index (χ1v) is 30.5. The number of phenols is 2. The van der Waals surface area contributed by atoms with Crippen LogP contribution >= 0.6 is 0 Å². The van der Waals surface area contributed by atoms with E-state index >= 15 is 0 Å². The highest BCUT2D eigenvalue weighted by Crippen LogP contribution is 2.44. The van der Waals surface area contributed by atoms with Gasteiger partial charge in [0.05, 0.1) is 32.5 Å². The molecule has 37 heteroatoms. The van der Waals surface area contributed by atoms with Crippen LogP contribution in [0.2, 0.25) is 0 Å². The van der Waals surface area contributed by atoms with Crippen molar-refractivity contribution in [2.75, 3.05) is 10.6 Å². The quantitative estimate of drug-likeness (QED) is 0.0317. The predicted octanol–water partition coefficient (Wildman–Crippen LogP) is 10.2. The van der Waals surface area contributed by atoms with Crippen molar-refractivity contribution in [3.05, 3.63) is 133 Å². The van der Waals surface area contributed by atoms with E-state index in [2.05, 4.69) is 51.5 Å². The molecule has 0 radical (unpaired) electrons. The molecular formula is C45H32N10O21S6. The van der Waals surface area contributed by atoms with Gasteiger partial charge < -0.3 is 20.8 Å². The Balaban J connectivity index is 1.04. The van der Waals surface area contributed by atoms with E-state index in [4.69, 9.17) is 4.55 Å². The van der Waals surface area contributed by atoms with Crippen molar-refractivity contribution in [2.24, 2.45) is 40.9 Å². The van der Waals surface area contributed by atoms with Crippen LogP contribution in [0, 0.1) is 0 Å². The van der Waals surface area contributed by atoms with E-state index < -0.39 is 130 Å². The summed E-state index contributed by atoms with van der Waals surface area (Å²) in [7, 11) is -29.8. The van der Waals surface area contributed by atoms with Gasteiger partial charge in [-0.3, -0.25) is 27.3 Å². The number of carbonyl (C=O) groups excluding carboxylic acids is 1. The molecule has 0 aromatic heterocycles. The average molecular weight is 1240 g/mol. The van der Waals surface area contributed by atoms with Gasteiger partial charge in [-0.15, -0.1) is 20.5 Å². The second-order valence-corrected chi connectivity index (χ2v) is 24.9. The molecule has 0 aliphatic rings. The fourth-order valence-electron chi connectivity index (χ4n) is 7.28. The van der Waals surface area contributed by atoms with Crippen LogP contribution in [0.15, 0.2) is 204 Å². The SMILES string of the molecule is O=C(Nc1ccc2c(O)c(N=Nc3ccc(N=Nc4ccc(S(=O)(=O)O)cc4)cc3S(=O)(=O)O)c(S(=O)(=O)O)cc2c1)Nc1ccc2c(N=Nc3ccc(N=Nc4ccc(S(=O)(=O)O)cc4)cc3S(=O)(=O)O)c(S(=O)(=O)O)cc(O)c2c1. The maximum atomic E-state index is 13.3. The standard InChI is InChI=1S/C45H32N10O21S6/c56-37-22-41(82(74,75)76)42(54-52-35-15-7-28(20-38(35)79(65,66)67)50-48-24-1-9-30(10-2-24)77(59,60)61)33-14-6-27(19-34(33)37)47-45(58)46-26-5-13-32-23(17-26)18-40(81(71,72)73)43(44(32)57)55-53-36-16-8-29(21-39(36)80(68,69)70)51-49-25-3-11-31(12-4-25)78(62,63)64/h1-22,56-57H,(H2,46,47,58)(H,59,60,61)(H,62,63,64)(H,65,66,67)(H,68,69,70)(H,71,72,73)(H,74,75,76). The molecule has 0 fully saturated rings. The molecule has 0 saturated carbocycles. The summed E-state index contributed by atoms with van der Waals surface area (Å²) in [6.45, 7) is 0. The summed E-state index contributed by atoms with van der Waals surface area (Å²) in [4.78, 5) is 8.47. The first-order valence-electron chi connectivity index (χ1n) is 21.8. The number of amides is 2. The molecule has 8 aromatic rings. The number of benzene rings is 8. The van der Waals surface area contributed by atoms with Crippen molar-refractivity contribution in [3.8, 4) is 11.5 Å². The maximum absolute atomic E-state index is 13.3. The van der Waals surface area contributed by atoms with E-state index in [0.29, 0.717) is 6.07 Å². The van der Waals surface area contributed by atoms with E-state index in [9.17, 15) is 88.3 Å². The normalized spacial score (nSPS) is 13.0. The number of nitrogens with zero attached hydrogens (tertiary/aromatic N) is 8. The molecular weight excluding hydrogens is 1210 g/mol. The summed E-state index contributed by atoms with van der Waals surface area (Å²) in [5, 5.41) is 56.5. The van der Waals surface area contributed by atoms with Crippen LogP contribution in [-0.2, 0) is 60.7 Å². The maximum Gasteiger partial charge on any atom is 0.323 e. The number of hydrogen-bond donors (Lipinski definition) is 10. The zero-order chi connectivity index (χ0) is 59.9. The van der Waals surface area contributed by atoms with E-state index in [1.165, 1.54) is 18.2 Å². The smallest absolute Gasteiger partial charge is 0.323 e. The lowest BCUT2D eigenvalue weighted by molar-refractivity contribution is 0.262. The zero-order valence-corrected chi connectivity index (χ0v) is 45.0. The minimum atomic E-state index is -5.29. The van der Waals surface area contributed by atoms with Crippen molar-refractivity contribution in [2.45, 2.75) is 29.4 Å². The van der Waals surface area contributed by atoms with Crippen molar-refractivity contribution in [1.29, 1.82) is 0 Å². The third-order valence-corrected chi connectivity index (χ3v) is 16.2. The van der Waals surface area contributed by atoms with Gasteiger partial charge in [0.1, 0.15) is 48.1 Å². The lowest BCUT2D eigenvalue weighted by atomic mass is 10.1. The van der Waals surface area contributed by atoms with Gasteiger partial charge in [-0.05, 0) is 133 Å². The van der Waals surface area contributed by atoms with E-state index in [0.717, 1.165) is 109 Å². The largest absolute Gasteiger partial charge is 0.507 e. The molecule has 0 aliphatic heterocycles. The molecule has 0 spiro atoms. The van der Waals surface area contributed by atoms with Gasteiger partial charge >= 0.3 is 6.03 Å². The topological polar surface area (TPSA) is 507 Å². The van der Waals surface area contributed by atoms with Crippen molar-refractivity contribution >= 4 is 145 Å². The molecule has 0 atom stereocenters. The fraction of sp³-hybridized carbons (Fsp3) is 0. The first kappa shape index (κ1) is 59.1. The molecule has 0 bridgehead atoms. The summed E-state index contributed by atoms with van der Waals surface area (Å²) >= 11 is 0. The Bertz CT molecular complexity index is 4840. The molecule has 82 heavy (non-hydrogen) atoms. The van der Waals surface area contributed by atoms with Gasteiger partial charge in [0.25, 0.3) is 60.7 Å². The van der Waals surface area contributed by atoms with Gasteiger partial charge in [-0.1, -0.05) is 0 Å². The summed E-state index contributed by atoms with van der Waals surface area (Å²) in [5.74, 6) is -1.73. The predicted molar refractivity (Wildman–Crippen MR) is 285 cm³/mol. The Labute approximate surface area is 461 Å². The van der Waals surface area contributed by atoms with Crippen molar-refractivity contribution in [3.63, 3.8) is 0 Å². The number of azo groups is 4. The number of anilines is 2. The molecule has 0 unspecified atom stereocenters. The van der Waals surface area contributed by atoms with Crippen LogP contribution in [0.1, 0.15) is 0 Å². The Hall–Kier alpha value is -8.99. The summed E-state index contributed by atoms with van der Waals surface area (Å²) in [5.41, 5.74) is -3.31. The molecule has 0 heterocycles. The van der Waals surface area contributed by atoms with Crippen molar-refractivity contribution in [1.82, 2.24) is 0 Å². The van der Waals surface area contributed by atoms with Crippen LogP contribution in [0.5, 0.6) is 11.5 Å². The lowest BCUT2D eigenvalue weighted by Gasteiger charge is -2.13. The minimum absolute atomic E-state index is 0.0526. The van der Waals surface area contributed by atoms with Gasteiger partial charge in [-0.2, -0.15) is 71.0 Å². The molecule has 10 N–H and O–H groups in total. The minimum Gasteiger partial charge on any atom is -0.507 e. The van der Waals surface area contributed by atoms with Crippen LogP contribution in [0.25, 0.3) is 21.5 Å². The molecule has 0 saturated heterocycles. The van der Waals surface area contributed by atoms with Crippen molar-refractivity contribution < 1.29 is 92.8 Å². The van der Waals surface area contributed by atoms with Gasteiger partial charge in [0, 0.05) is 33.6 Å². The highest BCUT2D eigenvalue weighted by atomic mass is 32.2. The molecule has 31 nitrogen and oxygen atoms in total. The number of phenolic OH excluding ortho intramolecular Hbond substituents is 2. The van der Waals surface area contributed by atoms with Gasteiger partial charge in [-0.25, -0.2) is 4.79 Å². The third kappa shape index (κ3) is 13.8. The van der Waals surface area contributed by atoms with E-state index in [-0.39, 0.29) is 55.7 Å². The van der Waals surface area contributed by atoms with Gasteiger partial charge in [0.2, 0.25) is 0 Å².